The van der Waals surface area contributed by atoms with Gasteiger partial charge in [-0.3, -0.25) is 20.4 Å². The Hall–Kier alpha value is -1.98. The Morgan fingerprint density at radius 1 is 0.909 bits per heavy atom. The van der Waals surface area contributed by atoms with Gasteiger partial charge in [0, 0.05) is 9.92 Å². The maximum absolute atomic E-state index is 11.7. The van der Waals surface area contributed by atoms with Gasteiger partial charge < -0.3 is 0 Å². The first-order valence-electron chi connectivity index (χ1n) is 6.63. The molecule has 0 saturated heterocycles. The molecular weight excluding hydrogens is 320 g/mol. The van der Waals surface area contributed by atoms with Crippen molar-refractivity contribution in [3.63, 3.8) is 0 Å². The highest BCUT2D eigenvalue weighted by Gasteiger charge is 2.06. The van der Waals surface area contributed by atoms with E-state index in [0.29, 0.717) is 5.02 Å². The molecule has 0 atom stereocenters. The molecule has 0 aromatic heterocycles. The maximum atomic E-state index is 11.7. The topological polar surface area (TPSA) is 58.2 Å². The van der Waals surface area contributed by atoms with E-state index < -0.39 is 0 Å². The van der Waals surface area contributed by atoms with Gasteiger partial charge in [0.25, 0.3) is 0 Å². The van der Waals surface area contributed by atoms with Crippen molar-refractivity contribution in [2.45, 2.75) is 11.3 Å². The minimum atomic E-state index is -0.277. The quantitative estimate of drug-likeness (QED) is 0.653. The summed E-state index contributed by atoms with van der Waals surface area (Å²) in [5.41, 5.74) is 5.62. The van der Waals surface area contributed by atoms with E-state index in [1.807, 2.05) is 30.3 Å². The fourth-order valence-electron chi connectivity index (χ4n) is 1.67. The summed E-state index contributed by atoms with van der Waals surface area (Å²) in [5.74, 6) is -0.288. The molecule has 2 aromatic rings. The molecule has 2 N–H and O–H groups in total. The minimum absolute atomic E-state index is 0.184. The number of halogens is 1. The van der Waals surface area contributed by atoms with Gasteiger partial charge in [0.05, 0.1) is 12.2 Å². The van der Waals surface area contributed by atoms with Gasteiger partial charge in [0.1, 0.15) is 0 Å². The van der Waals surface area contributed by atoms with Crippen LogP contribution >= 0.6 is 23.4 Å². The summed E-state index contributed by atoms with van der Waals surface area (Å²) < 4.78 is 0. The largest absolute Gasteiger partial charge is 0.273 e. The third kappa shape index (κ3) is 5.79. The molecule has 0 heterocycles. The van der Waals surface area contributed by atoms with Crippen molar-refractivity contribution in [3.8, 4) is 0 Å². The van der Waals surface area contributed by atoms with Crippen LogP contribution in [0.1, 0.15) is 5.56 Å². The van der Waals surface area contributed by atoms with Crippen molar-refractivity contribution in [2.24, 2.45) is 0 Å². The summed E-state index contributed by atoms with van der Waals surface area (Å²) in [6.45, 7) is 0. The van der Waals surface area contributed by atoms with Crippen molar-refractivity contribution in [1.29, 1.82) is 0 Å². The Morgan fingerprint density at radius 2 is 1.55 bits per heavy atom. The Labute approximate surface area is 138 Å². The summed E-state index contributed by atoms with van der Waals surface area (Å²) >= 11 is 7.18. The molecule has 114 valence electrons. The van der Waals surface area contributed by atoms with Crippen molar-refractivity contribution in [2.75, 3.05) is 5.75 Å². The molecule has 0 bridgehead atoms. The Bertz CT molecular complexity index is 632. The van der Waals surface area contributed by atoms with Crippen LogP contribution in [-0.4, -0.2) is 17.6 Å². The van der Waals surface area contributed by atoms with Gasteiger partial charge in [0.15, 0.2) is 0 Å². The molecule has 0 unspecified atom stereocenters. The molecule has 2 aromatic carbocycles. The second kappa shape index (κ2) is 8.46. The number of carbonyl (C=O) groups excluding carboxylic acids is 2. The van der Waals surface area contributed by atoms with Gasteiger partial charge in [-0.05, 0) is 29.8 Å². The number of rotatable bonds is 5. The van der Waals surface area contributed by atoms with E-state index in [2.05, 4.69) is 10.9 Å². The van der Waals surface area contributed by atoms with Crippen molar-refractivity contribution >= 4 is 35.2 Å². The van der Waals surface area contributed by atoms with E-state index in [4.69, 9.17) is 11.6 Å². The molecule has 0 radical (unpaired) electrons. The standard InChI is InChI=1S/C16H15ClN2O2S/c17-13-8-6-12(7-9-13)10-15(20)18-19-16(21)11-22-14-4-2-1-3-5-14/h1-9H,10-11H2,(H,18,20)(H,19,21). The lowest BCUT2D eigenvalue weighted by Crippen LogP contribution is -2.43. The fourth-order valence-corrected chi connectivity index (χ4v) is 2.52. The first kappa shape index (κ1) is 16.4. The summed E-state index contributed by atoms with van der Waals surface area (Å²) in [5, 5.41) is 0.621. The molecule has 2 amide bonds. The van der Waals surface area contributed by atoms with Crippen molar-refractivity contribution in [1.82, 2.24) is 10.9 Å². The van der Waals surface area contributed by atoms with E-state index >= 15 is 0 Å². The zero-order valence-electron chi connectivity index (χ0n) is 11.7. The Balaban J connectivity index is 1.69. The number of amides is 2. The van der Waals surface area contributed by atoms with Gasteiger partial charge >= 0.3 is 0 Å². The molecule has 6 heteroatoms. The summed E-state index contributed by atoms with van der Waals surface area (Å²) in [4.78, 5) is 24.4. The molecule has 0 aliphatic heterocycles. The zero-order chi connectivity index (χ0) is 15.8. The van der Waals surface area contributed by atoms with Gasteiger partial charge in [0.2, 0.25) is 11.8 Å². The summed E-state index contributed by atoms with van der Waals surface area (Å²) in [6, 6.07) is 16.6. The Morgan fingerprint density at radius 3 is 2.23 bits per heavy atom. The smallest absolute Gasteiger partial charge is 0.248 e. The highest BCUT2D eigenvalue weighted by Crippen LogP contribution is 2.16. The number of hydrazine groups is 1. The van der Waals surface area contributed by atoms with E-state index in [-0.39, 0.29) is 24.0 Å². The first-order valence-corrected chi connectivity index (χ1v) is 8.00. The molecule has 0 aliphatic rings. The lowest BCUT2D eigenvalue weighted by Gasteiger charge is -2.07. The number of benzene rings is 2. The maximum Gasteiger partial charge on any atom is 0.248 e. The van der Waals surface area contributed by atoms with Gasteiger partial charge in [-0.1, -0.05) is 41.9 Å². The van der Waals surface area contributed by atoms with Crippen LogP contribution in [0.3, 0.4) is 0 Å². The SMILES string of the molecule is O=C(CSc1ccccc1)NNC(=O)Cc1ccc(Cl)cc1. The monoisotopic (exact) mass is 334 g/mol. The molecule has 22 heavy (non-hydrogen) atoms. The highest BCUT2D eigenvalue weighted by molar-refractivity contribution is 8.00. The fraction of sp³-hybridized carbons (Fsp3) is 0.125. The van der Waals surface area contributed by atoms with Crippen LogP contribution in [0, 0.1) is 0 Å². The Kier molecular flexibility index (Phi) is 6.30. The van der Waals surface area contributed by atoms with Crippen LogP contribution < -0.4 is 10.9 Å². The van der Waals surface area contributed by atoms with Gasteiger partial charge in [-0.15, -0.1) is 11.8 Å². The predicted octanol–water partition coefficient (Wildman–Crippen LogP) is 2.82. The minimum Gasteiger partial charge on any atom is -0.273 e. The molecule has 2 rings (SSSR count). The van der Waals surface area contributed by atoms with E-state index in [0.717, 1.165) is 10.5 Å². The molecule has 0 spiro atoms. The zero-order valence-corrected chi connectivity index (χ0v) is 13.3. The van der Waals surface area contributed by atoms with Crippen molar-refractivity contribution in [3.05, 3.63) is 65.2 Å². The highest BCUT2D eigenvalue weighted by atomic mass is 35.5. The summed E-state index contributed by atoms with van der Waals surface area (Å²) in [6.07, 6.45) is 0.184. The number of nitrogens with one attached hydrogen (secondary N) is 2. The number of hydrogen-bond acceptors (Lipinski definition) is 3. The van der Waals surface area contributed by atoms with Crippen LogP contribution in [0.15, 0.2) is 59.5 Å². The molecule has 0 saturated carbocycles. The first-order chi connectivity index (χ1) is 10.6. The van der Waals surface area contributed by atoms with E-state index in [1.165, 1.54) is 11.8 Å². The van der Waals surface area contributed by atoms with Crippen LogP contribution in [0.4, 0.5) is 0 Å². The lowest BCUT2D eigenvalue weighted by atomic mass is 10.1. The second-order valence-corrected chi connectivity index (χ2v) is 5.99. The molecular formula is C16H15ClN2O2S. The third-order valence-corrected chi connectivity index (χ3v) is 4.00. The average molecular weight is 335 g/mol. The summed E-state index contributed by atoms with van der Waals surface area (Å²) in [7, 11) is 0. The average Bonchev–Trinajstić information content (AvgIpc) is 2.54. The second-order valence-electron chi connectivity index (χ2n) is 4.50. The van der Waals surface area contributed by atoms with Crippen molar-refractivity contribution < 1.29 is 9.59 Å². The lowest BCUT2D eigenvalue weighted by molar-refractivity contribution is -0.127. The van der Waals surface area contributed by atoms with Gasteiger partial charge in [-0.25, -0.2) is 0 Å². The van der Waals surface area contributed by atoms with E-state index in [1.54, 1.807) is 24.3 Å². The van der Waals surface area contributed by atoms with Gasteiger partial charge in [-0.2, -0.15) is 0 Å². The number of thioether (sulfide) groups is 1. The normalized spacial score (nSPS) is 10.0. The molecule has 4 nitrogen and oxygen atoms in total. The van der Waals surface area contributed by atoms with Crippen LogP contribution in [-0.2, 0) is 16.0 Å². The van der Waals surface area contributed by atoms with Crippen LogP contribution in [0.2, 0.25) is 5.02 Å². The number of hydrogen-bond donors (Lipinski definition) is 2. The molecule has 0 fully saturated rings. The predicted molar refractivity (Wildman–Crippen MR) is 88.6 cm³/mol. The van der Waals surface area contributed by atoms with E-state index in [9.17, 15) is 9.59 Å². The number of carbonyl (C=O) groups is 2. The van der Waals surface area contributed by atoms with Crippen LogP contribution in [0.5, 0.6) is 0 Å². The molecule has 0 aliphatic carbocycles. The third-order valence-electron chi connectivity index (χ3n) is 2.73. The van der Waals surface area contributed by atoms with Crippen LogP contribution in [0.25, 0.3) is 0 Å².